The van der Waals surface area contributed by atoms with Gasteiger partial charge < -0.3 is 19.7 Å². The highest BCUT2D eigenvalue weighted by atomic mass is 19.4. The summed E-state index contributed by atoms with van der Waals surface area (Å²) in [5.74, 6) is -4.82. The summed E-state index contributed by atoms with van der Waals surface area (Å²) in [6.07, 6.45) is -10.2. The first-order valence-electron chi connectivity index (χ1n) is 11.4. The van der Waals surface area contributed by atoms with Gasteiger partial charge in [-0.1, -0.05) is 29.8 Å². The molecule has 4 rings (SSSR count). The maximum absolute atomic E-state index is 10.6. The molecule has 2 atom stereocenters. The second kappa shape index (κ2) is 12.9. The summed E-state index contributed by atoms with van der Waals surface area (Å²) in [6.45, 7) is 12.5. The van der Waals surface area contributed by atoms with E-state index in [4.69, 9.17) is 29.3 Å². The molecule has 3 saturated heterocycles. The van der Waals surface area contributed by atoms with E-state index in [2.05, 4.69) is 41.0 Å². The van der Waals surface area contributed by atoms with Gasteiger partial charge in [-0.25, -0.2) is 9.59 Å². The van der Waals surface area contributed by atoms with Crippen molar-refractivity contribution in [2.24, 2.45) is 11.3 Å². The summed E-state index contributed by atoms with van der Waals surface area (Å²) in [6, 6.07) is 8.99. The lowest BCUT2D eigenvalue weighted by atomic mass is 9.80. The zero-order valence-corrected chi connectivity index (χ0v) is 20.1. The van der Waals surface area contributed by atoms with Crippen molar-refractivity contribution in [3.63, 3.8) is 0 Å². The summed E-state index contributed by atoms with van der Waals surface area (Å²) in [5, 5.41) is 14.2. The third-order valence-corrected chi connectivity index (χ3v) is 6.25. The van der Waals surface area contributed by atoms with Gasteiger partial charge in [-0.15, -0.1) is 0 Å². The molecular weight excluding hydrogens is 514 g/mol. The zero-order chi connectivity index (χ0) is 27.9. The van der Waals surface area contributed by atoms with Gasteiger partial charge in [0.15, 0.2) is 0 Å². The summed E-state index contributed by atoms with van der Waals surface area (Å²) >= 11 is 0. The van der Waals surface area contributed by atoms with Crippen molar-refractivity contribution in [3.05, 3.63) is 35.4 Å². The molecule has 0 aromatic heterocycles. The highest BCUT2D eigenvalue weighted by molar-refractivity contribution is 5.73. The monoisotopic (exact) mass is 544 g/mol. The number of carboxylic acids is 2. The third kappa shape index (κ3) is 9.76. The van der Waals surface area contributed by atoms with Gasteiger partial charge in [0, 0.05) is 50.6 Å². The Morgan fingerprint density at radius 3 is 1.95 bits per heavy atom. The smallest absolute Gasteiger partial charge is 0.475 e. The number of morpholine rings is 1. The standard InChI is InChI=1S/C19H28N2O2.2C2HF3O2/c1-16-2-4-17(5-3-16)10-21-11-18-12-23-15-19(18,14-21)13-20-6-8-22-9-7-20;2*3-2(4,5)1(6)7/h2-5,18H,6-15H2,1H3;2*(H,6,7)/t18-,19+;;/m1../s1. The predicted octanol–water partition coefficient (Wildman–Crippen LogP) is 3.04. The van der Waals surface area contributed by atoms with E-state index < -0.39 is 24.3 Å². The fourth-order valence-corrected chi connectivity index (χ4v) is 4.44. The maximum Gasteiger partial charge on any atom is 0.490 e. The van der Waals surface area contributed by atoms with Crippen LogP contribution in [0, 0.1) is 18.3 Å². The SMILES string of the molecule is Cc1ccc(CN2C[C@@H]3COC[C@]3(CN3CCOCC3)C2)cc1.O=C(O)C(F)(F)F.O=C(O)C(F)(F)F. The van der Waals surface area contributed by atoms with Crippen molar-refractivity contribution in [1.82, 2.24) is 9.80 Å². The molecular formula is C23H30F6N2O6. The summed E-state index contributed by atoms with van der Waals surface area (Å²) in [4.78, 5) is 23.0. The van der Waals surface area contributed by atoms with Crippen molar-refractivity contribution in [2.75, 3.05) is 59.2 Å². The largest absolute Gasteiger partial charge is 0.490 e. The van der Waals surface area contributed by atoms with Crippen LogP contribution >= 0.6 is 0 Å². The van der Waals surface area contributed by atoms with E-state index in [-0.39, 0.29) is 0 Å². The molecule has 0 unspecified atom stereocenters. The fourth-order valence-electron chi connectivity index (χ4n) is 4.44. The number of nitrogens with zero attached hydrogens (tertiary/aromatic N) is 2. The van der Waals surface area contributed by atoms with Gasteiger partial charge in [-0.2, -0.15) is 26.3 Å². The lowest BCUT2D eigenvalue weighted by molar-refractivity contribution is -0.193. The molecule has 3 fully saturated rings. The first kappa shape index (κ1) is 30.8. The fraction of sp³-hybridized carbons (Fsp3) is 0.652. The van der Waals surface area contributed by atoms with Gasteiger partial charge in [-0.3, -0.25) is 9.80 Å². The van der Waals surface area contributed by atoms with Crippen LogP contribution < -0.4 is 0 Å². The molecule has 0 radical (unpaired) electrons. The van der Waals surface area contributed by atoms with Gasteiger partial charge in [0.05, 0.1) is 26.4 Å². The first-order valence-corrected chi connectivity index (χ1v) is 11.4. The van der Waals surface area contributed by atoms with Gasteiger partial charge >= 0.3 is 24.3 Å². The highest BCUT2D eigenvalue weighted by Crippen LogP contribution is 2.42. The highest BCUT2D eigenvalue weighted by Gasteiger charge is 2.51. The molecule has 0 aliphatic carbocycles. The quantitative estimate of drug-likeness (QED) is 0.559. The first-order chi connectivity index (χ1) is 17.1. The number of aryl methyl sites for hydroxylation is 1. The van der Waals surface area contributed by atoms with Crippen molar-refractivity contribution in [1.29, 1.82) is 0 Å². The number of hydrogen-bond acceptors (Lipinski definition) is 6. The van der Waals surface area contributed by atoms with Crippen LogP contribution in [0.5, 0.6) is 0 Å². The molecule has 1 aromatic rings. The number of alkyl halides is 6. The predicted molar refractivity (Wildman–Crippen MR) is 118 cm³/mol. The number of rotatable bonds is 4. The lowest BCUT2D eigenvalue weighted by Gasteiger charge is -2.36. The van der Waals surface area contributed by atoms with Crippen LogP contribution in [0.4, 0.5) is 26.3 Å². The number of likely N-dealkylation sites (tertiary alicyclic amines) is 1. The van der Waals surface area contributed by atoms with Crippen LogP contribution in [0.1, 0.15) is 11.1 Å². The molecule has 8 nitrogen and oxygen atoms in total. The number of fused-ring (bicyclic) bond motifs is 1. The van der Waals surface area contributed by atoms with Crippen LogP contribution in [-0.2, 0) is 25.6 Å². The molecule has 1 aromatic carbocycles. The number of carboxylic acid groups (broad SMARTS) is 2. The molecule has 3 heterocycles. The van der Waals surface area contributed by atoms with Crippen LogP contribution in [0.25, 0.3) is 0 Å². The van der Waals surface area contributed by atoms with Crippen LogP contribution in [0.3, 0.4) is 0 Å². The van der Waals surface area contributed by atoms with Crippen LogP contribution in [-0.4, -0.2) is 103 Å². The second-order valence-electron chi connectivity index (χ2n) is 9.22. The molecule has 37 heavy (non-hydrogen) atoms. The molecule has 0 bridgehead atoms. The summed E-state index contributed by atoms with van der Waals surface area (Å²) in [7, 11) is 0. The topological polar surface area (TPSA) is 99.5 Å². The molecule has 2 N–H and O–H groups in total. The zero-order valence-electron chi connectivity index (χ0n) is 20.1. The van der Waals surface area contributed by atoms with E-state index >= 15 is 0 Å². The summed E-state index contributed by atoms with van der Waals surface area (Å²) < 4.78 is 74.9. The molecule has 210 valence electrons. The van der Waals surface area contributed by atoms with Crippen molar-refractivity contribution >= 4 is 11.9 Å². The Balaban J connectivity index is 0.000000286. The number of halogens is 6. The van der Waals surface area contributed by atoms with Gasteiger partial charge in [0.1, 0.15) is 0 Å². The van der Waals surface area contributed by atoms with Gasteiger partial charge in [-0.05, 0) is 12.5 Å². The third-order valence-electron chi connectivity index (χ3n) is 6.25. The Bertz CT molecular complexity index is 865. The van der Waals surface area contributed by atoms with E-state index in [1.54, 1.807) is 0 Å². The average molecular weight is 544 g/mol. The van der Waals surface area contributed by atoms with Gasteiger partial charge in [0.2, 0.25) is 0 Å². The Labute approximate surface area is 209 Å². The normalized spacial score (nSPS) is 24.4. The molecule has 14 heteroatoms. The average Bonchev–Trinajstić information content (AvgIpc) is 3.31. The van der Waals surface area contributed by atoms with Crippen LogP contribution in [0.15, 0.2) is 24.3 Å². The minimum atomic E-state index is -5.08. The Kier molecular flexibility index (Phi) is 10.7. The number of aliphatic carboxylic acids is 2. The Hall–Kier alpha value is -2.42. The van der Waals surface area contributed by atoms with Crippen LogP contribution in [0.2, 0.25) is 0 Å². The molecule has 0 spiro atoms. The lowest BCUT2D eigenvalue weighted by Crippen LogP contribution is -2.47. The second-order valence-corrected chi connectivity index (χ2v) is 9.22. The van der Waals surface area contributed by atoms with E-state index in [0.29, 0.717) is 11.3 Å². The van der Waals surface area contributed by atoms with Crippen molar-refractivity contribution in [3.8, 4) is 0 Å². The van der Waals surface area contributed by atoms with E-state index in [1.165, 1.54) is 30.8 Å². The van der Waals surface area contributed by atoms with E-state index in [1.807, 2.05) is 0 Å². The van der Waals surface area contributed by atoms with Crippen molar-refractivity contribution in [2.45, 2.75) is 25.8 Å². The number of benzene rings is 1. The molecule has 0 saturated carbocycles. The van der Waals surface area contributed by atoms with Crippen molar-refractivity contribution < 1.29 is 55.6 Å². The molecule has 3 aliphatic rings. The minimum absolute atomic E-state index is 0.335. The number of hydrogen-bond donors (Lipinski definition) is 2. The Morgan fingerprint density at radius 1 is 0.946 bits per heavy atom. The van der Waals surface area contributed by atoms with Gasteiger partial charge in [0.25, 0.3) is 0 Å². The van der Waals surface area contributed by atoms with E-state index in [9.17, 15) is 26.3 Å². The summed E-state index contributed by atoms with van der Waals surface area (Å²) in [5.41, 5.74) is 3.10. The maximum atomic E-state index is 10.6. The number of carbonyl (C=O) groups is 2. The minimum Gasteiger partial charge on any atom is -0.475 e. The number of ether oxygens (including phenoxy) is 2. The van der Waals surface area contributed by atoms with E-state index in [0.717, 1.165) is 46.1 Å². The molecule has 3 aliphatic heterocycles. The molecule has 0 amide bonds. The Morgan fingerprint density at radius 2 is 1.46 bits per heavy atom.